The summed E-state index contributed by atoms with van der Waals surface area (Å²) in [7, 11) is 0. The summed E-state index contributed by atoms with van der Waals surface area (Å²) in [5, 5.41) is 0. The van der Waals surface area contributed by atoms with Crippen molar-refractivity contribution in [2.24, 2.45) is 0 Å². The molecule has 0 spiro atoms. The Labute approximate surface area is 77.7 Å². The molecule has 1 atom stereocenters. The van der Waals surface area contributed by atoms with Crippen molar-refractivity contribution in [3.63, 3.8) is 0 Å². The van der Waals surface area contributed by atoms with E-state index in [1.165, 1.54) is 0 Å². The van der Waals surface area contributed by atoms with Crippen LogP contribution in [0.25, 0.3) is 0 Å². The average molecular weight is 225 g/mol. The van der Waals surface area contributed by atoms with E-state index in [2.05, 4.69) is 15.9 Å². The van der Waals surface area contributed by atoms with Crippen LogP contribution in [-0.2, 0) is 4.79 Å². The van der Waals surface area contributed by atoms with E-state index in [-0.39, 0.29) is 11.6 Å². The molecule has 0 N–H and O–H groups in total. The first-order valence-electron chi connectivity index (χ1n) is 3.53. The Hall–Kier alpha value is -0.960. The Morgan fingerprint density at radius 2 is 1.83 bits per heavy atom. The number of hydrogen-bond acceptors (Lipinski definition) is 2. The summed E-state index contributed by atoms with van der Waals surface area (Å²) in [6.07, 6.45) is 0. The first kappa shape index (κ1) is 7.68. The maximum absolute atomic E-state index is 11.2. The molecule has 0 amide bonds. The van der Waals surface area contributed by atoms with Crippen molar-refractivity contribution >= 4 is 27.5 Å². The lowest BCUT2D eigenvalue weighted by Gasteiger charge is -1.96. The number of hydrogen-bond donors (Lipinski definition) is 0. The molecule has 0 fully saturated rings. The highest BCUT2D eigenvalue weighted by molar-refractivity contribution is 9.09. The van der Waals surface area contributed by atoms with Gasteiger partial charge in [0, 0.05) is 5.56 Å². The van der Waals surface area contributed by atoms with Crippen molar-refractivity contribution in [3.8, 4) is 0 Å². The molecular formula is C9H5BrO2. The van der Waals surface area contributed by atoms with Crippen molar-refractivity contribution in [2.45, 2.75) is 4.83 Å². The van der Waals surface area contributed by atoms with Crippen LogP contribution in [0.2, 0.25) is 0 Å². The number of ketones is 2. The highest BCUT2D eigenvalue weighted by atomic mass is 79.9. The van der Waals surface area contributed by atoms with Crippen molar-refractivity contribution in [1.29, 1.82) is 0 Å². The van der Waals surface area contributed by atoms with Gasteiger partial charge in [-0.25, -0.2) is 0 Å². The fourth-order valence-electron chi connectivity index (χ4n) is 1.31. The topological polar surface area (TPSA) is 34.1 Å². The van der Waals surface area contributed by atoms with Crippen LogP contribution < -0.4 is 0 Å². The van der Waals surface area contributed by atoms with Crippen molar-refractivity contribution in [1.82, 2.24) is 0 Å². The molecule has 2 rings (SSSR count). The largest absolute Gasteiger partial charge is 0.289 e. The summed E-state index contributed by atoms with van der Waals surface area (Å²) in [6, 6.07) is 7.04. The minimum Gasteiger partial charge on any atom is -0.289 e. The second-order valence-corrected chi connectivity index (χ2v) is 3.56. The van der Waals surface area contributed by atoms with Gasteiger partial charge in [0.1, 0.15) is 4.83 Å². The van der Waals surface area contributed by atoms with Crippen LogP contribution in [0.4, 0.5) is 0 Å². The number of carbonyl (C=O) groups excluding carboxylic acids is 2. The second-order valence-electron chi connectivity index (χ2n) is 2.64. The molecule has 1 aromatic rings. The van der Waals surface area contributed by atoms with E-state index in [1.54, 1.807) is 18.2 Å². The summed E-state index contributed by atoms with van der Waals surface area (Å²) in [5.74, 6) is -0.747. The normalized spacial score (nSPS) is 21.2. The molecule has 60 valence electrons. The Morgan fingerprint density at radius 3 is 2.50 bits per heavy atom. The van der Waals surface area contributed by atoms with E-state index >= 15 is 0 Å². The van der Waals surface area contributed by atoms with Crippen LogP contribution in [0.5, 0.6) is 0 Å². The number of halogens is 1. The fraction of sp³-hybridized carbons (Fsp3) is 0.111. The Bertz CT molecular complexity index is 371. The summed E-state index contributed by atoms with van der Waals surface area (Å²) in [5.41, 5.74) is 1.32. The summed E-state index contributed by atoms with van der Waals surface area (Å²) in [4.78, 5) is 22.0. The Balaban J connectivity index is 2.67. The lowest BCUT2D eigenvalue weighted by Crippen LogP contribution is -2.07. The van der Waals surface area contributed by atoms with E-state index in [9.17, 15) is 9.59 Å². The van der Waals surface area contributed by atoms with Gasteiger partial charge >= 0.3 is 0 Å². The van der Waals surface area contributed by atoms with Crippen LogP contribution >= 0.6 is 15.9 Å². The first-order valence-corrected chi connectivity index (χ1v) is 4.45. The van der Waals surface area contributed by atoms with Crippen molar-refractivity contribution < 1.29 is 9.59 Å². The number of benzene rings is 1. The summed E-state index contributed by atoms with van der Waals surface area (Å²) < 4.78 is 0. The van der Waals surface area contributed by atoms with Gasteiger partial charge in [0.15, 0.2) is 0 Å². The first-order chi connectivity index (χ1) is 5.72. The van der Waals surface area contributed by atoms with Crippen LogP contribution in [0.1, 0.15) is 20.7 Å². The standard InChI is InChI=1S/C9H5BrO2/c10-7-5-3-1-2-4-6(5)8(11)9(7)12/h1-4,7H. The summed E-state index contributed by atoms with van der Waals surface area (Å²) >= 11 is 3.17. The lowest BCUT2D eigenvalue weighted by atomic mass is 10.1. The summed E-state index contributed by atoms with van der Waals surface area (Å²) in [6.45, 7) is 0. The zero-order valence-corrected chi connectivity index (χ0v) is 7.67. The number of fused-ring (bicyclic) bond motifs is 1. The van der Waals surface area contributed by atoms with Gasteiger partial charge in [-0.2, -0.15) is 0 Å². The third-order valence-electron chi connectivity index (χ3n) is 1.93. The molecule has 3 heteroatoms. The van der Waals surface area contributed by atoms with Crippen LogP contribution in [-0.4, -0.2) is 11.6 Å². The van der Waals surface area contributed by atoms with Crippen molar-refractivity contribution in [3.05, 3.63) is 35.4 Å². The van der Waals surface area contributed by atoms with Gasteiger partial charge in [-0.05, 0) is 5.56 Å². The Morgan fingerprint density at radius 1 is 1.17 bits per heavy atom. The maximum atomic E-state index is 11.2. The zero-order valence-electron chi connectivity index (χ0n) is 6.08. The lowest BCUT2D eigenvalue weighted by molar-refractivity contribution is -0.114. The molecule has 0 aromatic heterocycles. The third-order valence-corrected chi connectivity index (χ3v) is 2.84. The van der Waals surface area contributed by atoms with Gasteiger partial charge in [0.2, 0.25) is 11.6 Å². The number of alkyl halides is 1. The molecule has 0 radical (unpaired) electrons. The molecular weight excluding hydrogens is 220 g/mol. The molecule has 0 bridgehead atoms. The Kier molecular flexibility index (Phi) is 1.61. The van der Waals surface area contributed by atoms with Gasteiger partial charge in [0.05, 0.1) is 0 Å². The predicted octanol–water partition coefficient (Wildman–Crippen LogP) is 1.89. The molecule has 1 unspecified atom stereocenters. The van der Waals surface area contributed by atoms with Crippen LogP contribution in [0.15, 0.2) is 24.3 Å². The highest BCUT2D eigenvalue weighted by Gasteiger charge is 2.35. The van der Waals surface area contributed by atoms with E-state index in [1.807, 2.05) is 6.07 Å². The predicted molar refractivity (Wildman–Crippen MR) is 47.4 cm³/mol. The molecule has 2 nitrogen and oxygen atoms in total. The maximum Gasteiger partial charge on any atom is 0.230 e. The molecule has 12 heavy (non-hydrogen) atoms. The smallest absolute Gasteiger partial charge is 0.230 e. The monoisotopic (exact) mass is 224 g/mol. The quantitative estimate of drug-likeness (QED) is 0.499. The minimum absolute atomic E-state index is 0.365. The molecule has 1 aromatic carbocycles. The molecule has 1 aliphatic carbocycles. The fourth-order valence-corrected chi connectivity index (χ4v) is 1.92. The van der Waals surface area contributed by atoms with E-state index in [4.69, 9.17) is 0 Å². The molecule has 0 aliphatic heterocycles. The highest BCUT2D eigenvalue weighted by Crippen LogP contribution is 2.34. The zero-order chi connectivity index (χ0) is 8.72. The molecule has 1 aliphatic rings. The van der Waals surface area contributed by atoms with Gasteiger partial charge in [-0.15, -0.1) is 0 Å². The minimum atomic E-state index is -0.429. The van der Waals surface area contributed by atoms with Crippen molar-refractivity contribution in [2.75, 3.05) is 0 Å². The second kappa shape index (κ2) is 2.52. The van der Waals surface area contributed by atoms with E-state index < -0.39 is 4.83 Å². The number of rotatable bonds is 0. The average Bonchev–Trinajstić information content (AvgIpc) is 2.33. The van der Waals surface area contributed by atoms with Crippen LogP contribution in [0, 0.1) is 0 Å². The van der Waals surface area contributed by atoms with Gasteiger partial charge < -0.3 is 0 Å². The van der Waals surface area contributed by atoms with Gasteiger partial charge in [0.25, 0.3) is 0 Å². The molecule has 0 saturated heterocycles. The SMILES string of the molecule is O=C1C(=O)C(Br)c2ccccc21. The molecule has 0 heterocycles. The molecule has 0 saturated carbocycles. The number of Topliss-reactive ketones (excluding diaryl/α,β-unsaturated/α-hetero) is 2. The van der Waals surface area contributed by atoms with Gasteiger partial charge in [-0.3, -0.25) is 9.59 Å². The van der Waals surface area contributed by atoms with E-state index in [0.29, 0.717) is 5.56 Å². The van der Waals surface area contributed by atoms with Crippen LogP contribution in [0.3, 0.4) is 0 Å². The number of carbonyl (C=O) groups is 2. The third kappa shape index (κ3) is 0.862. The van der Waals surface area contributed by atoms with Gasteiger partial charge in [-0.1, -0.05) is 40.2 Å². The van der Waals surface area contributed by atoms with E-state index in [0.717, 1.165) is 5.56 Å².